The van der Waals surface area contributed by atoms with Gasteiger partial charge < -0.3 is 10.6 Å². The molecule has 2 N–H and O–H groups in total. The third kappa shape index (κ3) is 1.61. The van der Waals surface area contributed by atoms with Crippen molar-refractivity contribution in [2.45, 2.75) is 32.4 Å². The highest BCUT2D eigenvalue weighted by atomic mass is 16.2. The van der Waals surface area contributed by atoms with E-state index in [4.69, 9.17) is 5.73 Å². The van der Waals surface area contributed by atoms with Gasteiger partial charge in [0.25, 0.3) is 0 Å². The van der Waals surface area contributed by atoms with E-state index in [1.165, 1.54) is 5.56 Å². The zero-order chi connectivity index (χ0) is 11.7. The van der Waals surface area contributed by atoms with Crippen LogP contribution in [0.2, 0.25) is 0 Å². The molecular weight excluding hydrogens is 200 g/mol. The fourth-order valence-electron chi connectivity index (χ4n) is 2.27. The third-order valence-electron chi connectivity index (χ3n) is 3.31. The Morgan fingerprint density at radius 3 is 2.38 bits per heavy atom. The van der Waals surface area contributed by atoms with E-state index in [9.17, 15) is 4.79 Å². The SMILES string of the molecule is CCc1ccc([C@@H]2[C@H](N)C(=O)N2CC)cc1. The average molecular weight is 218 g/mol. The highest BCUT2D eigenvalue weighted by Crippen LogP contribution is 2.33. The molecule has 16 heavy (non-hydrogen) atoms. The van der Waals surface area contributed by atoms with Crippen molar-refractivity contribution in [3.8, 4) is 0 Å². The molecule has 3 heteroatoms. The number of nitrogens with two attached hydrogens (primary N) is 1. The van der Waals surface area contributed by atoms with Crippen LogP contribution in [0.5, 0.6) is 0 Å². The van der Waals surface area contributed by atoms with Gasteiger partial charge in [-0.3, -0.25) is 4.79 Å². The van der Waals surface area contributed by atoms with Crippen LogP contribution in [0, 0.1) is 0 Å². The summed E-state index contributed by atoms with van der Waals surface area (Å²) in [6, 6.07) is 8.10. The minimum Gasteiger partial charge on any atom is -0.332 e. The van der Waals surface area contributed by atoms with Gasteiger partial charge in [-0.1, -0.05) is 31.2 Å². The van der Waals surface area contributed by atoms with Gasteiger partial charge in [0.2, 0.25) is 5.91 Å². The Balaban J connectivity index is 2.20. The molecule has 1 aromatic carbocycles. The second-order valence-corrected chi connectivity index (χ2v) is 4.19. The number of likely N-dealkylation sites (tertiary alicyclic amines) is 1. The summed E-state index contributed by atoms with van der Waals surface area (Å²) in [5.41, 5.74) is 8.30. The van der Waals surface area contributed by atoms with Crippen LogP contribution in [-0.2, 0) is 11.2 Å². The number of hydrogen-bond acceptors (Lipinski definition) is 2. The van der Waals surface area contributed by atoms with Crippen LogP contribution in [-0.4, -0.2) is 23.4 Å². The van der Waals surface area contributed by atoms with E-state index in [0.29, 0.717) is 0 Å². The van der Waals surface area contributed by atoms with Crippen molar-refractivity contribution in [1.82, 2.24) is 4.90 Å². The number of likely N-dealkylation sites (N-methyl/N-ethyl adjacent to an activating group) is 1. The fraction of sp³-hybridized carbons (Fsp3) is 0.462. The standard InChI is InChI=1S/C13H18N2O/c1-3-9-5-7-10(8-6-9)12-11(14)13(16)15(12)4-2/h5-8,11-12H,3-4,14H2,1-2H3/t11-,12+/m0/s1. The first-order valence-electron chi connectivity index (χ1n) is 5.84. The lowest BCUT2D eigenvalue weighted by Crippen LogP contribution is -2.62. The van der Waals surface area contributed by atoms with Crippen LogP contribution in [0.1, 0.15) is 31.0 Å². The molecule has 1 aliphatic heterocycles. The van der Waals surface area contributed by atoms with Crippen molar-refractivity contribution >= 4 is 5.91 Å². The van der Waals surface area contributed by atoms with Gasteiger partial charge in [0.1, 0.15) is 6.04 Å². The molecule has 1 heterocycles. The summed E-state index contributed by atoms with van der Waals surface area (Å²) >= 11 is 0. The number of β-lactam (4-membered cyclic amide) rings is 1. The number of hydrogen-bond donors (Lipinski definition) is 1. The Hall–Kier alpha value is -1.35. The number of benzene rings is 1. The number of carbonyl (C=O) groups is 1. The van der Waals surface area contributed by atoms with Crippen molar-refractivity contribution in [3.05, 3.63) is 35.4 Å². The van der Waals surface area contributed by atoms with Gasteiger partial charge in [-0.05, 0) is 24.5 Å². The first-order chi connectivity index (χ1) is 7.69. The molecule has 2 atom stereocenters. The van der Waals surface area contributed by atoms with Crippen molar-refractivity contribution in [1.29, 1.82) is 0 Å². The normalized spacial score (nSPS) is 24.4. The van der Waals surface area contributed by atoms with Gasteiger partial charge in [-0.15, -0.1) is 0 Å². The Bertz CT molecular complexity index is 385. The summed E-state index contributed by atoms with van der Waals surface area (Å²) in [5, 5.41) is 0. The average Bonchev–Trinajstić information content (AvgIpc) is 2.34. The molecule has 1 aliphatic rings. The van der Waals surface area contributed by atoms with E-state index in [1.54, 1.807) is 0 Å². The van der Waals surface area contributed by atoms with Gasteiger partial charge in [0.15, 0.2) is 0 Å². The summed E-state index contributed by atoms with van der Waals surface area (Å²) < 4.78 is 0. The number of carbonyl (C=O) groups excluding carboxylic acids is 1. The number of rotatable bonds is 3. The maximum absolute atomic E-state index is 11.5. The molecule has 2 rings (SSSR count). The van der Waals surface area contributed by atoms with Crippen molar-refractivity contribution < 1.29 is 4.79 Å². The maximum Gasteiger partial charge on any atom is 0.242 e. The van der Waals surface area contributed by atoms with Gasteiger partial charge in [-0.25, -0.2) is 0 Å². The first-order valence-corrected chi connectivity index (χ1v) is 5.84. The molecular formula is C13H18N2O. The Labute approximate surface area is 96.2 Å². The Morgan fingerprint density at radius 2 is 1.88 bits per heavy atom. The van der Waals surface area contributed by atoms with Crippen LogP contribution in [0.3, 0.4) is 0 Å². The van der Waals surface area contributed by atoms with E-state index in [-0.39, 0.29) is 18.0 Å². The number of amides is 1. The number of aryl methyl sites for hydroxylation is 1. The third-order valence-corrected chi connectivity index (χ3v) is 3.31. The van der Waals surface area contributed by atoms with E-state index in [2.05, 4.69) is 31.2 Å². The van der Waals surface area contributed by atoms with E-state index < -0.39 is 0 Å². The highest BCUT2D eigenvalue weighted by molar-refractivity contribution is 5.89. The minimum absolute atomic E-state index is 0.0621. The van der Waals surface area contributed by atoms with E-state index in [0.717, 1.165) is 18.5 Å². The zero-order valence-electron chi connectivity index (χ0n) is 9.81. The molecule has 3 nitrogen and oxygen atoms in total. The molecule has 1 aromatic rings. The molecule has 86 valence electrons. The number of nitrogens with zero attached hydrogens (tertiary/aromatic N) is 1. The molecule has 1 fully saturated rings. The van der Waals surface area contributed by atoms with Gasteiger partial charge in [0.05, 0.1) is 6.04 Å². The summed E-state index contributed by atoms with van der Waals surface area (Å²) in [6.45, 7) is 4.84. The van der Waals surface area contributed by atoms with Crippen LogP contribution in [0.4, 0.5) is 0 Å². The summed E-state index contributed by atoms with van der Waals surface area (Å²) in [4.78, 5) is 13.3. The smallest absolute Gasteiger partial charge is 0.242 e. The molecule has 0 radical (unpaired) electrons. The second kappa shape index (κ2) is 4.26. The fourth-order valence-corrected chi connectivity index (χ4v) is 2.27. The van der Waals surface area contributed by atoms with Crippen molar-refractivity contribution in [2.24, 2.45) is 5.73 Å². The monoisotopic (exact) mass is 218 g/mol. The van der Waals surface area contributed by atoms with Crippen molar-refractivity contribution in [2.75, 3.05) is 6.54 Å². The van der Waals surface area contributed by atoms with E-state index in [1.807, 2.05) is 11.8 Å². The van der Waals surface area contributed by atoms with Gasteiger partial charge in [-0.2, -0.15) is 0 Å². The van der Waals surface area contributed by atoms with Crippen LogP contribution >= 0.6 is 0 Å². The molecule has 0 spiro atoms. The lowest BCUT2D eigenvalue weighted by atomic mass is 9.88. The highest BCUT2D eigenvalue weighted by Gasteiger charge is 2.44. The van der Waals surface area contributed by atoms with Gasteiger partial charge >= 0.3 is 0 Å². The van der Waals surface area contributed by atoms with E-state index >= 15 is 0 Å². The van der Waals surface area contributed by atoms with Crippen LogP contribution in [0.15, 0.2) is 24.3 Å². The first kappa shape index (κ1) is 11.1. The molecule has 0 saturated carbocycles. The largest absolute Gasteiger partial charge is 0.332 e. The quantitative estimate of drug-likeness (QED) is 0.781. The predicted molar refractivity (Wildman–Crippen MR) is 63.9 cm³/mol. The van der Waals surface area contributed by atoms with Crippen molar-refractivity contribution in [3.63, 3.8) is 0 Å². The summed E-state index contributed by atoms with van der Waals surface area (Å²) in [7, 11) is 0. The van der Waals surface area contributed by atoms with Gasteiger partial charge in [0, 0.05) is 6.54 Å². The van der Waals surface area contributed by atoms with Crippen LogP contribution < -0.4 is 5.73 Å². The molecule has 1 saturated heterocycles. The lowest BCUT2D eigenvalue weighted by molar-refractivity contribution is -0.149. The zero-order valence-corrected chi connectivity index (χ0v) is 9.81. The Morgan fingerprint density at radius 1 is 1.25 bits per heavy atom. The minimum atomic E-state index is -0.354. The lowest BCUT2D eigenvalue weighted by Gasteiger charge is -2.45. The molecule has 0 bridgehead atoms. The molecule has 1 amide bonds. The molecule has 0 aliphatic carbocycles. The molecule has 0 aromatic heterocycles. The summed E-state index contributed by atoms with van der Waals surface area (Å²) in [6.07, 6.45) is 1.04. The topological polar surface area (TPSA) is 46.3 Å². The summed E-state index contributed by atoms with van der Waals surface area (Å²) in [5.74, 6) is 0.0621. The maximum atomic E-state index is 11.5. The van der Waals surface area contributed by atoms with Crippen LogP contribution in [0.25, 0.3) is 0 Å². The molecule has 0 unspecified atom stereocenters. The Kier molecular flexibility index (Phi) is 2.97. The predicted octanol–water partition coefficient (Wildman–Crippen LogP) is 1.48. The second-order valence-electron chi connectivity index (χ2n) is 4.19.